The van der Waals surface area contributed by atoms with Crippen LogP contribution in [0.25, 0.3) is 6.08 Å². The fourth-order valence-corrected chi connectivity index (χ4v) is 3.93. The monoisotopic (exact) mass is 524 g/mol. The Hall–Kier alpha value is -2.10. The number of amides is 3. The van der Waals surface area contributed by atoms with Crippen LogP contribution in [0, 0.1) is 0 Å². The quantitative estimate of drug-likeness (QED) is 0.567. The third-order valence-corrected chi connectivity index (χ3v) is 5.69. The van der Waals surface area contributed by atoms with Gasteiger partial charge in [0.15, 0.2) is 6.61 Å². The molecule has 0 spiro atoms. The van der Waals surface area contributed by atoms with E-state index in [4.69, 9.17) is 10.5 Å². The van der Waals surface area contributed by atoms with E-state index in [1.54, 1.807) is 24.3 Å². The summed E-state index contributed by atoms with van der Waals surface area (Å²) in [7, 11) is 0. The maximum absolute atomic E-state index is 12.7. The smallest absolute Gasteiger partial charge is 0.293 e. The molecule has 2 aromatic carbocycles. The third-order valence-electron chi connectivity index (χ3n) is 3.76. The average Bonchev–Trinajstić information content (AvgIpc) is 2.90. The summed E-state index contributed by atoms with van der Waals surface area (Å²) in [6, 6.07) is 12.5. The van der Waals surface area contributed by atoms with Crippen molar-refractivity contribution in [2.24, 2.45) is 5.73 Å². The topological polar surface area (TPSA) is 89.7 Å². The second-order valence-electron chi connectivity index (χ2n) is 5.83. The zero-order valence-electron chi connectivity index (χ0n) is 14.4. The number of halogens is 2. The number of primary amides is 1. The molecule has 6 nitrogen and oxygen atoms in total. The number of rotatable bonds is 6. The van der Waals surface area contributed by atoms with Gasteiger partial charge in [0.25, 0.3) is 17.1 Å². The minimum absolute atomic E-state index is 0.193. The molecule has 0 atom stereocenters. The summed E-state index contributed by atoms with van der Waals surface area (Å²) < 4.78 is 7.08. The van der Waals surface area contributed by atoms with E-state index in [0.29, 0.717) is 11.3 Å². The Kier molecular flexibility index (Phi) is 6.58. The molecule has 1 saturated heterocycles. The molecule has 9 heteroatoms. The van der Waals surface area contributed by atoms with Gasteiger partial charge in [0.1, 0.15) is 5.75 Å². The van der Waals surface area contributed by atoms with Gasteiger partial charge in [-0.15, -0.1) is 0 Å². The Morgan fingerprint density at radius 2 is 1.79 bits per heavy atom. The summed E-state index contributed by atoms with van der Waals surface area (Å²) >= 11 is 7.59. The molecular formula is C19H14Br2N2O4S. The summed E-state index contributed by atoms with van der Waals surface area (Å²) in [5.41, 5.74) is 6.53. The van der Waals surface area contributed by atoms with Gasteiger partial charge in [0.05, 0.1) is 11.4 Å². The van der Waals surface area contributed by atoms with Crippen LogP contribution in [0.5, 0.6) is 5.75 Å². The van der Waals surface area contributed by atoms with E-state index in [2.05, 4.69) is 31.9 Å². The van der Waals surface area contributed by atoms with Crippen LogP contribution in [0.2, 0.25) is 0 Å². The van der Waals surface area contributed by atoms with E-state index in [0.717, 1.165) is 26.3 Å². The zero-order valence-corrected chi connectivity index (χ0v) is 18.3. The molecule has 1 aliphatic rings. The standard InChI is InChI=1S/C19H14Br2N2O4S/c20-13-3-1-11(2-4-13)9-23-18(25)16(28-19(23)26)8-12-7-14(21)5-6-15(12)27-10-17(22)24/h1-8H,9-10H2,(H2,22,24)/b16-8-. The van der Waals surface area contributed by atoms with Gasteiger partial charge in [-0.25, -0.2) is 0 Å². The SMILES string of the molecule is NC(=O)COc1ccc(Br)cc1/C=C1\SC(=O)N(Cc2ccc(Br)cc2)C1=O. The Bertz CT molecular complexity index is 976. The van der Waals surface area contributed by atoms with Crippen LogP contribution in [0.4, 0.5) is 4.79 Å². The Morgan fingerprint density at radius 3 is 2.46 bits per heavy atom. The first kappa shape index (κ1) is 20.6. The fourth-order valence-electron chi connectivity index (χ4n) is 2.46. The zero-order chi connectivity index (χ0) is 20.3. The van der Waals surface area contributed by atoms with Gasteiger partial charge >= 0.3 is 0 Å². The first-order chi connectivity index (χ1) is 13.3. The van der Waals surface area contributed by atoms with Crippen molar-refractivity contribution >= 4 is 66.8 Å². The summed E-state index contributed by atoms with van der Waals surface area (Å²) in [6.45, 7) is -0.0910. The molecule has 144 valence electrons. The highest BCUT2D eigenvalue weighted by Crippen LogP contribution is 2.35. The Morgan fingerprint density at radius 1 is 1.11 bits per heavy atom. The van der Waals surface area contributed by atoms with Gasteiger partial charge in [-0.2, -0.15) is 0 Å². The number of nitrogens with two attached hydrogens (primary N) is 1. The number of ether oxygens (including phenoxy) is 1. The second kappa shape index (κ2) is 8.93. The van der Waals surface area contributed by atoms with Crippen LogP contribution in [0.3, 0.4) is 0 Å². The van der Waals surface area contributed by atoms with Crippen LogP contribution in [-0.2, 0) is 16.1 Å². The fraction of sp³-hybridized carbons (Fsp3) is 0.105. The largest absolute Gasteiger partial charge is 0.483 e. The predicted molar refractivity (Wildman–Crippen MR) is 114 cm³/mol. The van der Waals surface area contributed by atoms with Crippen molar-refractivity contribution in [1.29, 1.82) is 0 Å². The molecule has 0 unspecified atom stereocenters. The van der Waals surface area contributed by atoms with E-state index in [9.17, 15) is 14.4 Å². The van der Waals surface area contributed by atoms with Crippen molar-refractivity contribution in [3.63, 3.8) is 0 Å². The number of hydrogen-bond donors (Lipinski definition) is 1. The number of carbonyl (C=O) groups excluding carboxylic acids is 3. The molecule has 1 aliphatic heterocycles. The van der Waals surface area contributed by atoms with Crippen LogP contribution in [0.15, 0.2) is 56.3 Å². The molecule has 1 heterocycles. The van der Waals surface area contributed by atoms with Crippen molar-refractivity contribution < 1.29 is 19.1 Å². The second-order valence-corrected chi connectivity index (χ2v) is 8.66. The first-order valence-electron chi connectivity index (χ1n) is 8.04. The van der Waals surface area contributed by atoms with Gasteiger partial charge in [-0.05, 0) is 53.7 Å². The lowest BCUT2D eigenvalue weighted by Crippen LogP contribution is -2.27. The number of benzene rings is 2. The molecule has 2 aromatic rings. The number of nitrogens with zero attached hydrogens (tertiary/aromatic N) is 1. The molecule has 3 rings (SSSR count). The molecule has 1 fully saturated rings. The first-order valence-corrected chi connectivity index (χ1v) is 10.4. The minimum atomic E-state index is -0.608. The highest BCUT2D eigenvalue weighted by molar-refractivity contribution is 9.10. The highest BCUT2D eigenvalue weighted by Gasteiger charge is 2.35. The van der Waals surface area contributed by atoms with Gasteiger partial charge < -0.3 is 10.5 Å². The van der Waals surface area contributed by atoms with E-state index in [1.807, 2.05) is 24.3 Å². The molecule has 0 radical (unpaired) electrons. The summed E-state index contributed by atoms with van der Waals surface area (Å²) in [5.74, 6) is -0.593. The highest BCUT2D eigenvalue weighted by atomic mass is 79.9. The maximum atomic E-state index is 12.7. The van der Waals surface area contributed by atoms with E-state index >= 15 is 0 Å². The summed E-state index contributed by atoms with van der Waals surface area (Å²) in [5, 5.41) is -0.339. The van der Waals surface area contributed by atoms with Crippen LogP contribution in [-0.4, -0.2) is 28.6 Å². The number of thioether (sulfide) groups is 1. The van der Waals surface area contributed by atoms with Crippen molar-refractivity contribution in [3.05, 3.63) is 67.4 Å². The molecule has 2 N–H and O–H groups in total. The van der Waals surface area contributed by atoms with Crippen LogP contribution in [0.1, 0.15) is 11.1 Å². The lowest BCUT2D eigenvalue weighted by Gasteiger charge is -2.12. The third kappa shape index (κ3) is 5.03. The molecule has 0 aromatic heterocycles. The van der Waals surface area contributed by atoms with E-state index in [-0.39, 0.29) is 29.2 Å². The lowest BCUT2D eigenvalue weighted by atomic mass is 10.1. The number of carbonyl (C=O) groups is 3. The summed E-state index contributed by atoms with van der Waals surface area (Å²) in [6.07, 6.45) is 1.58. The van der Waals surface area contributed by atoms with Crippen LogP contribution < -0.4 is 10.5 Å². The van der Waals surface area contributed by atoms with Gasteiger partial charge in [-0.3, -0.25) is 19.3 Å². The van der Waals surface area contributed by atoms with E-state index in [1.165, 1.54) is 4.90 Å². The molecule has 0 saturated carbocycles. The Labute approximate surface area is 182 Å². The van der Waals surface area contributed by atoms with Crippen molar-refractivity contribution in [3.8, 4) is 5.75 Å². The molecular weight excluding hydrogens is 512 g/mol. The van der Waals surface area contributed by atoms with Gasteiger partial charge in [0.2, 0.25) is 0 Å². The molecule has 3 amide bonds. The van der Waals surface area contributed by atoms with Crippen molar-refractivity contribution in [2.75, 3.05) is 6.61 Å². The molecule has 0 aliphatic carbocycles. The van der Waals surface area contributed by atoms with Crippen molar-refractivity contribution in [1.82, 2.24) is 4.90 Å². The number of hydrogen-bond acceptors (Lipinski definition) is 5. The maximum Gasteiger partial charge on any atom is 0.293 e. The molecule has 0 bridgehead atoms. The lowest BCUT2D eigenvalue weighted by molar-refractivity contribution is -0.123. The van der Waals surface area contributed by atoms with Crippen LogP contribution >= 0.6 is 43.6 Å². The summed E-state index contributed by atoms with van der Waals surface area (Å²) in [4.78, 5) is 37.5. The predicted octanol–water partition coefficient (Wildman–Crippen LogP) is 4.31. The minimum Gasteiger partial charge on any atom is -0.483 e. The molecule has 28 heavy (non-hydrogen) atoms. The van der Waals surface area contributed by atoms with Gasteiger partial charge in [0, 0.05) is 14.5 Å². The van der Waals surface area contributed by atoms with E-state index < -0.39 is 5.91 Å². The van der Waals surface area contributed by atoms with Gasteiger partial charge in [-0.1, -0.05) is 44.0 Å². The van der Waals surface area contributed by atoms with Crippen molar-refractivity contribution in [2.45, 2.75) is 6.54 Å². The Balaban J connectivity index is 1.84. The average molecular weight is 526 g/mol. The normalized spacial score (nSPS) is 15.4. The number of imide groups is 1.